The monoisotopic (exact) mass is 353 g/mol. The molecule has 0 aromatic heterocycles. The summed E-state index contributed by atoms with van der Waals surface area (Å²) >= 11 is 5.73. The highest BCUT2D eigenvalue weighted by Crippen LogP contribution is 2.29. The van der Waals surface area contributed by atoms with Gasteiger partial charge in [-0.1, -0.05) is 25.4 Å². The fourth-order valence-electron chi connectivity index (χ4n) is 1.70. The minimum absolute atomic E-state index is 0.00547. The molecule has 0 radical (unpaired) electrons. The summed E-state index contributed by atoms with van der Waals surface area (Å²) in [7, 11) is 1.31. The average Bonchev–Trinajstić information content (AvgIpc) is 2.42. The van der Waals surface area contributed by atoms with Gasteiger partial charge in [-0.15, -0.1) is 0 Å². The van der Waals surface area contributed by atoms with Gasteiger partial charge >= 0.3 is 0 Å². The summed E-state index contributed by atoms with van der Waals surface area (Å²) in [5.41, 5.74) is 0. The largest absolute Gasteiger partial charge is 0.482 e. The zero-order valence-electron chi connectivity index (χ0n) is 11.7. The van der Waals surface area contributed by atoms with Crippen molar-refractivity contribution >= 4 is 37.2 Å². The average molecular weight is 354 g/mol. The van der Waals surface area contributed by atoms with Crippen LogP contribution >= 0.6 is 22.3 Å². The van der Waals surface area contributed by atoms with Crippen molar-refractivity contribution in [3.63, 3.8) is 0 Å². The summed E-state index contributed by atoms with van der Waals surface area (Å²) in [6.45, 7) is 3.64. The number of halogens is 2. The summed E-state index contributed by atoms with van der Waals surface area (Å²) < 4.78 is 28.1. The van der Waals surface area contributed by atoms with Crippen molar-refractivity contribution < 1.29 is 17.9 Å². The van der Waals surface area contributed by atoms with E-state index >= 15 is 0 Å². The van der Waals surface area contributed by atoms with Crippen molar-refractivity contribution in [3.05, 3.63) is 23.2 Å². The van der Waals surface area contributed by atoms with Gasteiger partial charge in [0.1, 0.15) is 10.6 Å². The molecule has 0 atom stereocenters. The van der Waals surface area contributed by atoms with E-state index in [0.29, 0.717) is 0 Å². The van der Waals surface area contributed by atoms with Gasteiger partial charge < -0.3 is 10.1 Å². The number of carbonyl (C=O) groups excluding carboxylic acids is 1. The second-order valence-corrected chi connectivity index (χ2v) is 7.37. The van der Waals surface area contributed by atoms with E-state index in [0.717, 1.165) is 12.8 Å². The Bertz CT molecular complexity index is 600. The molecule has 1 N–H and O–H groups in total. The van der Waals surface area contributed by atoms with Gasteiger partial charge in [-0.25, -0.2) is 8.42 Å². The first-order valence-electron chi connectivity index (χ1n) is 6.44. The van der Waals surface area contributed by atoms with E-state index in [1.54, 1.807) is 0 Å². The van der Waals surface area contributed by atoms with Crippen LogP contribution in [-0.2, 0) is 13.8 Å². The van der Waals surface area contributed by atoms with E-state index in [1.807, 2.05) is 13.8 Å². The van der Waals surface area contributed by atoms with Gasteiger partial charge in [-0.2, -0.15) is 0 Å². The van der Waals surface area contributed by atoms with E-state index in [2.05, 4.69) is 5.32 Å². The molecule has 0 spiro atoms. The van der Waals surface area contributed by atoms with E-state index in [-0.39, 0.29) is 34.2 Å². The first kappa shape index (κ1) is 18.1. The molecule has 0 aliphatic carbocycles. The van der Waals surface area contributed by atoms with Crippen LogP contribution in [0.2, 0.25) is 5.02 Å². The topological polar surface area (TPSA) is 72.5 Å². The third kappa shape index (κ3) is 5.73. The quantitative estimate of drug-likeness (QED) is 0.764. The maximum atomic E-state index is 11.7. The van der Waals surface area contributed by atoms with Gasteiger partial charge in [0.05, 0.1) is 0 Å². The molecule has 1 amide bonds. The molecule has 0 saturated heterocycles. The Balaban J connectivity index is 2.78. The Morgan fingerprint density at radius 2 is 1.95 bits per heavy atom. The summed E-state index contributed by atoms with van der Waals surface area (Å²) in [5.74, 6) is -0.328. The second-order valence-electron chi connectivity index (χ2n) is 4.40. The SMILES string of the molecule is CCC(CC)NC(=O)COc1ccc(Cl)cc1S(=O)(=O)Cl. The molecule has 0 saturated carbocycles. The Hall–Kier alpha value is -0.980. The minimum atomic E-state index is -4.01. The maximum absolute atomic E-state index is 11.7. The predicted molar refractivity (Wildman–Crippen MR) is 82.5 cm³/mol. The lowest BCUT2D eigenvalue weighted by Crippen LogP contribution is -2.37. The number of amides is 1. The highest BCUT2D eigenvalue weighted by molar-refractivity contribution is 8.13. The molecule has 0 unspecified atom stereocenters. The normalized spacial score (nSPS) is 11.5. The van der Waals surface area contributed by atoms with Crippen LogP contribution in [0, 0.1) is 0 Å². The molecule has 21 heavy (non-hydrogen) atoms. The van der Waals surface area contributed by atoms with E-state index in [4.69, 9.17) is 27.0 Å². The van der Waals surface area contributed by atoms with Crippen molar-refractivity contribution in [2.75, 3.05) is 6.61 Å². The standard InChI is InChI=1S/C13H17Cl2NO4S/c1-3-10(4-2)16-13(17)8-20-11-6-5-9(14)7-12(11)21(15,18)19/h5-7,10H,3-4,8H2,1-2H3,(H,16,17). The van der Waals surface area contributed by atoms with Crippen molar-refractivity contribution in [2.24, 2.45) is 0 Å². The molecule has 0 fully saturated rings. The van der Waals surface area contributed by atoms with Gasteiger partial charge in [0.15, 0.2) is 6.61 Å². The molecule has 1 aromatic rings. The molecule has 0 aliphatic heterocycles. The van der Waals surface area contributed by atoms with Crippen LogP contribution in [0.5, 0.6) is 5.75 Å². The lowest BCUT2D eigenvalue weighted by atomic mass is 10.2. The summed E-state index contributed by atoms with van der Waals surface area (Å²) in [4.78, 5) is 11.5. The van der Waals surface area contributed by atoms with Crippen LogP contribution < -0.4 is 10.1 Å². The number of carbonyl (C=O) groups is 1. The molecule has 0 bridgehead atoms. The highest BCUT2D eigenvalue weighted by atomic mass is 35.7. The molecule has 1 aromatic carbocycles. The smallest absolute Gasteiger partial charge is 0.265 e. The molecule has 0 aliphatic rings. The molecule has 118 valence electrons. The lowest BCUT2D eigenvalue weighted by Gasteiger charge is -2.15. The number of ether oxygens (including phenoxy) is 1. The van der Waals surface area contributed by atoms with Gasteiger partial charge in [-0.3, -0.25) is 4.79 Å². The number of benzene rings is 1. The van der Waals surface area contributed by atoms with E-state index in [1.165, 1.54) is 18.2 Å². The van der Waals surface area contributed by atoms with Crippen LogP contribution in [0.4, 0.5) is 0 Å². The Morgan fingerprint density at radius 1 is 1.33 bits per heavy atom. The summed E-state index contributed by atoms with van der Waals surface area (Å²) in [6, 6.07) is 4.07. The van der Waals surface area contributed by atoms with E-state index in [9.17, 15) is 13.2 Å². The van der Waals surface area contributed by atoms with Crippen molar-refractivity contribution in [1.29, 1.82) is 0 Å². The third-order valence-electron chi connectivity index (χ3n) is 2.88. The third-order valence-corrected chi connectivity index (χ3v) is 4.46. The summed E-state index contributed by atoms with van der Waals surface area (Å²) in [6.07, 6.45) is 1.62. The van der Waals surface area contributed by atoms with Crippen LogP contribution in [0.15, 0.2) is 23.1 Å². The van der Waals surface area contributed by atoms with Gasteiger partial charge in [0.25, 0.3) is 15.0 Å². The fourth-order valence-corrected chi connectivity index (χ4v) is 2.93. The number of nitrogens with one attached hydrogen (secondary N) is 1. The zero-order valence-corrected chi connectivity index (χ0v) is 14.1. The molecule has 5 nitrogen and oxygen atoms in total. The fraction of sp³-hybridized carbons (Fsp3) is 0.462. The van der Waals surface area contributed by atoms with Crippen molar-refractivity contribution in [2.45, 2.75) is 37.6 Å². The zero-order chi connectivity index (χ0) is 16.0. The molecule has 8 heteroatoms. The maximum Gasteiger partial charge on any atom is 0.265 e. The lowest BCUT2D eigenvalue weighted by molar-refractivity contribution is -0.123. The Morgan fingerprint density at radius 3 is 2.48 bits per heavy atom. The molecule has 0 heterocycles. The van der Waals surface area contributed by atoms with Crippen LogP contribution in [0.1, 0.15) is 26.7 Å². The van der Waals surface area contributed by atoms with Crippen molar-refractivity contribution in [3.8, 4) is 5.75 Å². The van der Waals surface area contributed by atoms with Crippen LogP contribution in [-0.4, -0.2) is 27.0 Å². The van der Waals surface area contributed by atoms with Crippen LogP contribution in [0.25, 0.3) is 0 Å². The minimum Gasteiger partial charge on any atom is -0.482 e. The first-order chi connectivity index (χ1) is 9.77. The molecular formula is C13H17Cl2NO4S. The predicted octanol–water partition coefficient (Wildman–Crippen LogP) is 2.95. The number of hydrogen-bond donors (Lipinski definition) is 1. The van der Waals surface area contributed by atoms with Crippen molar-refractivity contribution in [1.82, 2.24) is 5.32 Å². The van der Waals surface area contributed by atoms with E-state index < -0.39 is 9.05 Å². The van der Waals surface area contributed by atoms with Gasteiger partial charge in [0, 0.05) is 21.7 Å². The summed E-state index contributed by atoms with van der Waals surface area (Å²) in [5, 5.41) is 2.99. The highest BCUT2D eigenvalue weighted by Gasteiger charge is 2.18. The first-order valence-corrected chi connectivity index (χ1v) is 9.13. The Labute approximate surface area is 134 Å². The molecular weight excluding hydrogens is 337 g/mol. The number of hydrogen-bond acceptors (Lipinski definition) is 4. The number of rotatable bonds is 7. The van der Waals surface area contributed by atoms with Gasteiger partial charge in [0.2, 0.25) is 0 Å². The molecule has 1 rings (SSSR count). The van der Waals surface area contributed by atoms with Crippen LogP contribution in [0.3, 0.4) is 0 Å². The van der Waals surface area contributed by atoms with Gasteiger partial charge in [-0.05, 0) is 31.0 Å². The second kappa shape index (κ2) is 7.87. The Kier molecular flexibility index (Phi) is 6.77.